The lowest BCUT2D eigenvalue weighted by molar-refractivity contribution is 0.276. The van der Waals surface area contributed by atoms with Crippen LogP contribution in [0, 0.1) is 0 Å². The van der Waals surface area contributed by atoms with E-state index in [9.17, 15) is 0 Å². The molecule has 0 radical (unpaired) electrons. The van der Waals surface area contributed by atoms with Crippen LogP contribution in [0.25, 0.3) is 0 Å². The number of aliphatic imine (C=N–C) groups is 1. The lowest BCUT2D eigenvalue weighted by Gasteiger charge is -2.25. The van der Waals surface area contributed by atoms with Crippen molar-refractivity contribution < 1.29 is 0 Å². The van der Waals surface area contributed by atoms with E-state index in [1.807, 2.05) is 7.05 Å². The molecule has 1 heterocycles. The van der Waals surface area contributed by atoms with Crippen molar-refractivity contribution in [3.8, 4) is 0 Å². The molecule has 5 heteroatoms. The summed E-state index contributed by atoms with van der Waals surface area (Å²) >= 11 is 0. The number of guanidine groups is 1. The molecule has 0 spiro atoms. The predicted molar refractivity (Wildman–Crippen MR) is 86.0 cm³/mol. The SMILES string of the molecule is CN=C(NCCN(C)C(C)C)N(C)Cc1cccn1C. The van der Waals surface area contributed by atoms with Gasteiger partial charge in [-0.2, -0.15) is 0 Å². The van der Waals surface area contributed by atoms with Crippen LogP contribution in [0.15, 0.2) is 23.3 Å². The van der Waals surface area contributed by atoms with Crippen molar-refractivity contribution in [3.63, 3.8) is 0 Å². The number of rotatable bonds is 6. The van der Waals surface area contributed by atoms with E-state index in [1.165, 1.54) is 5.69 Å². The van der Waals surface area contributed by atoms with E-state index in [4.69, 9.17) is 0 Å². The molecule has 0 aliphatic carbocycles. The first-order valence-electron chi connectivity index (χ1n) is 7.18. The number of aromatic nitrogens is 1. The summed E-state index contributed by atoms with van der Waals surface area (Å²) < 4.78 is 2.14. The number of aryl methyl sites for hydroxylation is 1. The maximum absolute atomic E-state index is 4.34. The van der Waals surface area contributed by atoms with Crippen LogP contribution in [-0.4, -0.2) is 60.6 Å². The highest BCUT2D eigenvalue weighted by atomic mass is 15.3. The number of hydrogen-bond donors (Lipinski definition) is 1. The average molecular weight is 279 g/mol. The molecule has 0 bridgehead atoms. The molecule has 1 rings (SSSR count). The Morgan fingerprint density at radius 1 is 1.40 bits per heavy atom. The standard InChI is InChI=1S/C15H29N5/c1-13(2)18(4)11-9-17-15(16-3)20(6)12-14-8-7-10-19(14)5/h7-8,10,13H,9,11-12H2,1-6H3,(H,16,17). The zero-order valence-corrected chi connectivity index (χ0v) is 13.7. The minimum absolute atomic E-state index is 0.569. The second-order valence-corrected chi connectivity index (χ2v) is 5.51. The summed E-state index contributed by atoms with van der Waals surface area (Å²) in [5.74, 6) is 0.934. The second-order valence-electron chi connectivity index (χ2n) is 5.51. The summed E-state index contributed by atoms with van der Waals surface area (Å²) in [5, 5.41) is 3.41. The Morgan fingerprint density at radius 3 is 2.60 bits per heavy atom. The molecule has 0 aliphatic heterocycles. The molecule has 0 atom stereocenters. The molecule has 0 aliphatic rings. The van der Waals surface area contributed by atoms with Gasteiger partial charge in [-0.05, 0) is 33.0 Å². The van der Waals surface area contributed by atoms with Gasteiger partial charge >= 0.3 is 0 Å². The van der Waals surface area contributed by atoms with E-state index in [0.717, 1.165) is 25.6 Å². The zero-order valence-electron chi connectivity index (χ0n) is 13.7. The fourth-order valence-electron chi connectivity index (χ4n) is 1.97. The third-order valence-corrected chi connectivity index (χ3v) is 3.65. The largest absolute Gasteiger partial charge is 0.355 e. The first-order chi connectivity index (χ1) is 9.45. The van der Waals surface area contributed by atoms with Crippen LogP contribution in [-0.2, 0) is 13.6 Å². The summed E-state index contributed by atoms with van der Waals surface area (Å²) in [6.07, 6.45) is 2.07. The smallest absolute Gasteiger partial charge is 0.193 e. The average Bonchev–Trinajstić information content (AvgIpc) is 2.79. The summed E-state index contributed by atoms with van der Waals surface area (Å²) in [6, 6.07) is 4.77. The lowest BCUT2D eigenvalue weighted by Crippen LogP contribution is -2.42. The van der Waals surface area contributed by atoms with Gasteiger partial charge in [0.2, 0.25) is 0 Å². The molecular weight excluding hydrogens is 250 g/mol. The molecular formula is C15H29N5. The van der Waals surface area contributed by atoms with Crippen molar-refractivity contribution in [2.45, 2.75) is 26.4 Å². The van der Waals surface area contributed by atoms with E-state index >= 15 is 0 Å². The second kappa shape index (κ2) is 7.94. The van der Waals surface area contributed by atoms with Gasteiger partial charge in [0.15, 0.2) is 5.96 Å². The maximum atomic E-state index is 4.34. The molecule has 0 amide bonds. The minimum atomic E-state index is 0.569. The van der Waals surface area contributed by atoms with Crippen molar-refractivity contribution in [2.75, 3.05) is 34.2 Å². The number of hydrogen-bond acceptors (Lipinski definition) is 2. The van der Waals surface area contributed by atoms with E-state index in [0.29, 0.717) is 6.04 Å². The van der Waals surface area contributed by atoms with Gasteiger partial charge in [0, 0.05) is 52.2 Å². The van der Waals surface area contributed by atoms with Crippen molar-refractivity contribution in [1.29, 1.82) is 0 Å². The van der Waals surface area contributed by atoms with Crippen LogP contribution in [0.4, 0.5) is 0 Å². The molecule has 1 N–H and O–H groups in total. The summed E-state index contributed by atoms with van der Waals surface area (Å²) in [6.45, 7) is 7.17. The first kappa shape index (κ1) is 16.6. The molecule has 1 aromatic heterocycles. The number of nitrogens with zero attached hydrogens (tertiary/aromatic N) is 4. The number of nitrogens with one attached hydrogen (secondary N) is 1. The molecule has 114 valence electrons. The Labute approximate surface area is 123 Å². The van der Waals surface area contributed by atoms with E-state index in [2.05, 4.69) is 78.0 Å². The van der Waals surface area contributed by atoms with Gasteiger partial charge in [0.1, 0.15) is 0 Å². The van der Waals surface area contributed by atoms with Gasteiger partial charge < -0.3 is 19.7 Å². The minimum Gasteiger partial charge on any atom is -0.355 e. The van der Waals surface area contributed by atoms with Crippen LogP contribution in [0.3, 0.4) is 0 Å². The highest BCUT2D eigenvalue weighted by Gasteiger charge is 2.09. The number of likely N-dealkylation sites (N-methyl/N-ethyl adjacent to an activating group) is 1. The molecule has 20 heavy (non-hydrogen) atoms. The molecule has 0 aromatic carbocycles. The van der Waals surface area contributed by atoms with Crippen LogP contribution >= 0.6 is 0 Å². The van der Waals surface area contributed by atoms with Gasteiger partial charge in [-0.25, -0.2) is 0 Å². The topological polar surface area (TPSA) is 35.8 Å². The molecule has 0 saturated heterocycles. The van der Waals surface area contributed by atoms with Gasteiger partial charge in [0.25, 0.3) is 0 Å². The predicted octanol–water partition coefficient (Wildman–Crippen LogP) is 1.37. The summed E-state index contributed by atoms with van der Waals surface area (Å²) in [4.78, 5) is 8.80. The Morgan fingerprint density at radius 2 is 2.10 bits per heavy atom. The quantitative estimate of drug-likeness (QED) is 0.631. The molecule has 0 fully saturated rings. The first-order valence-corrected chi connectivity index (χ1v) is 7.18. The van der Waals surface area contributed by atoms with E-state index in [-0.39, 0.29) is 0 Å². The molecule has 1 aromatic rings. The van der Waals surface area contributed by atoms with Crippen LogP contribution in [0.5, 0.6) is 0 Å². The van der Waals surface area contributed by atoms with Crippen LogP contribution in [0.2, 0.25) is 0 Å². The van der Waals surface area contributed by atoms with Gasteiger partial charge in [-0.1, -0.05) is 0 Å². The summed E-state index contributed by atoms with van der Waals surface area (Å²) in [5.41, 5.74) is 1.27. The van der Waals surface area contributed by atoms with Crippen molar-refractivity contribution in [1.82, 2.24) is 19.7 Å². The highest BCUT2D eigenvalue weighted by molar-refractivity contribution is 5.79. The van der Waals surface area contributed by atoms with Gasteiger partial charge in [-0.3, -0.25) is 4.99 Å². The van der Waals surface area contributed by atoms with Crippen LogP contribution < -0.4 is 5.32 Å². The van der Waals surface area contributed by atoms with Crippen LogP contribution in [0.1, 0.15) is 19.5 Å². The monoisotopic (exact) mass is 279 g/mol. The van der Waals surface area contributed by atoms with Gasteiger partial charge in [0.05, 0.1) is 6.54 Å². The fraction of sp³-hybridized carbons (Fsp3) is 0.667. The highest BCUT2D eigenvalue weighted by Crippen LogP contribution is 2.03. The Kier molecular flexibility index (Phi) is 6.58. The Balaban J connectivity index is 2.44. The van der Waals surface area contributed by atoms with E-state index < -0.39 is 0 Å². The normalized spacial score (nSPS) is 12.3. The molecule has 0 unspecified atom stereocenters. The van der Waals surface area contributed by atoms with Crippen molar-refractivity contribution >= 4 is 5.96 Å². The molecule has 5 nitrogen and oxygen atoms in total. The Hall–Kier alpha value is -1.49. The molecule has 0 saturated carbocycles. The van der Waals surface area contributed by atoms with Crippen molar-refractivity contribution in [2.24, 2.45) is 12.0 Å². The summed E-state index contributed by atoms with van der Waals surface area (Å²) in [7, 11) is 8.10. The maximum Gasteiger partial charge on any atom is 0.193 e. The van der Waals surface area contributed by atoms with Gasteiger partial charge in [-0.15, -0.1) is 0 Å². The zero-order chi connectivity index (χ0) is 15.1. The lowest BCUT2D eigenvalue weighted by atomic mass is 10.3. The third kappa shape index (κ3) is 4.89. The van der Waals surface area contributed by atoms with Crippen molar-refractivity contribution in [3.05, 3.63) is 24.0 Å². The Bertz CT molecular complexity index is 422. The third-order valence-electron chi connectivity index (χ3n) is 3.65. The van der Waals surface area contributed by atoms with E-state index in [1.54, 1.807) is 0 Å². The fourth-order valence-corrected chi connectivity index (χ4v) is 1.97.